The minimum atomic E-state index is -0.678. The Hall–Kier alpha value is -4.83. The molecule has 1 N–H and O–H groups in total. The van der Waals surface area contributed by atoms with Gasteiger partial charge in [-0.2, -0.15) is 5.10 Å². The van der Waals surface area contributed by atoms with Crippen LogP contribution in [-0.4, -0.2) is 57.0 Å². The Morgan fingerprint density at radius 3 is 2.29 bits per heavy atom. The number of aliphatic hydroxyl groups excluding tert-OH is 1. The van der Waals surface area contributed by atoms with Gasteiger partial charge in [0.1, 0.15) is 18.8 Å². The molecular formula is C49H60N2O8. The van der Waals surface area contributed by atoms with Crippen LogP contribution in [-0.2, 0) is 30.4 Å². The second kappa shape index (κ2) is 16.7. The Kier molecular flexibility index (Phi) is 12.0. The lowest BCUT2D eigenvalue weighted by atomic mass is 9.36. The van der Waals surface area contributed by atoms with E-state index in [9.17, 15) is 24.3 Å². The van der Waals surface area contributed by atoms with E-state index in [0.29, 0.717) is 37.7 Å². The Labute approximate surface area is 348 Å². The van der Waals surface area contributed by atoms with Crippen molar-refractivity contribution in [3.05, 3.63) is 113 Å². The summed E-state index contributed by atoms with van der Waals surface area (Å²) in [6.45, 7) is 14.7. The van der Waals surface area contributed by atoms with E-state index >= 15 is 0 Å². The van der Waals surface area contributed by atoms with Gasteiger partial charge in [-0.3, -0.25) is 9.59 Å². The van der Waals surface area contributed by atoms with Crippen LogP contribution in [0.25, 0.3) is 0 Å². The molecule has 1 aromatic heterocycles. The third-order valence-electron chi connectivity index (χ3n) is 15.1. The molecule has 4 saturated carbocycles. The lowest BCUT2D eigenvalue weighted by Crippen LogP contribution is -2.65. The molecule has 10 heteroatoms. The molecule has 0 amide bonds. The summed E-state index contributed by atoms with van der Waals surface area (Å²) in [4.78, 5) is 54.1. The van der Waals surface area contributed by atoms with E-state index in [2.05, 4.69) is 38.9 Å². The van der Waals surface area contributed by atoms with Gasteiger partial charge in [-0.15, -0.1) is 0 Å². The van der Waals surface area contributed by atoms with Gasteiger partial charge in [0.2, 0.25) is 0 Å². The number of aromatic nitrogens is 2. The largest absolute Gasteiger partial charge is 0.458 e. The number of allylic oxidation sites excluding steroid dienone is 2. The number of hydrogen-bond donors (Lipinski definition) is 1. The van der Waals surface area contributed by atoms with Crippen molar-refractivity contribution in [1.82, 2.24) is 9.78 Å². The first-order chi connectivity index (χ1) is 28.1. The third kappa shape index (κ3) is 7.73. The van der Waals surface area contributed by atoms with Gasteiger partial charge in [0.15, 0.2) is 0 Å². The molecule has 0 bridgehead atoms. The fourth-order valence-electron chi connectivity index (χ4n) is 12.3. The van der Waals surface area contributed by atoms with Gasteiger partial charge in [0, 0.05) is 24.9 Å². The van der Waals surface area contributed by atoms with Crippen LogP contribution in [0, 0.1) is 39.9 Å². The molecule has 4 fully saturated rings. The number of benzene rings is 2. The zero-order valence-corrected chi connectivity index (χ0v) is 35.6. The van der Waals surface area contributed by atoms with E-state index in [4.69, 9.17) is 14.2 Å². The topological polar surface area (TPSA) is 134 Å². The average Bonchev–Trinajstić information content (AvgIpc) is 3.83. The van der Waals surface area contributed by atoms with Crippen LogP contribution >= 0.6 is 0 Å². The molecule has 59 heavy (non-hydrogen) atoms. The van der Waals surface area contributed by atoms with Gasteiger partial charge >= 0.3 is 17.9 Å². The van der Waals surface area contributed by atoms with Gasteiger partial charge in [0.05, 0.1) is 17.2 Å². The molecule has 0 aliphatic heterocycles. The van der Waals surface area contributed by atoms with Crippen molar-refractivity contribution < 1.29 is 38.5 Å². The molecule has 10 atom stereocenters. The number of carbonyl (C=O) groups is 4. The number of aliphatic hydroxyl groups is 1. The molecule has 0 radical (unpaired) electrons. The number of fused-ring (bicyclic) bond motifs is 5. The first kappa shape index (κ1) is 42.3. The van der Waals surface area contributed by atoms with Gasteiger partial charge in [-0.1, -0.05) is 81.8 Å². The summed E-state index contributed by atoms with van der Waals surface area (Å²) in [7, 11) is 0. The van der Waals surface area contributed by atoms with Crippen molar-refractivity contribution in [2.45, 2.75) is 125 Å². The van der Waals surface area contributed by atoms with E-state index in [1.165, 1.54) is 17.8 Å². The second-order valence-electron chi connectivity index (χ2n) is 18.6. The monoisotopic (exact) mass is 804 g/mol. The number of esters is 3. The number of nitrogens with zero attached hydrogens (tertiary/aromatic N) is 2. The molecule has 4 aliphatic carbocycles. The van der Waals surface area contributed by atoms with Crippen LogP contribution in [0.4, 0.5) is 0 Å². The molecule has 0 unspecified atom stereocenters. The minimum Gasteiger partial charge on any atom is -0.458 e. The van der Waals surface area contributed by atoms with E-state index < -0.39 is 41.4 Å². The summed E-state index contributed by atoms with van der Waals surface area (Å²) >= 11 is 0. The van der Waals surface area contributed by atoms with Crippen LogP contribution in [0.15, 0.2) is 95.9 Å². The predicted molar refractivity (Wildman–Crippen MR) is 223 cm³/mol. The smallest absolute Gasteiger partial charge is 0.339 e. The molecule has 1 heterocycles. The van der Waals surface area contributed by atoms with Crippen molar-refractivity contribution >= 4 is 23.8 Å². The highest BCUT2D eigenvalue weighted by molar-refractivity contribution is 6.06. The van der Waals surface area contributed by atoms with Crippen LogP contribution in [0.3, 0.4) is 0 Å². The quantitative estimate of drug-likeness (QED) is 0.0922. The Balaban J connectivity index is 1.17. The average molecular weight is 805 g/mol. The molecule has 10 nitrogen and oxygen atoms in total. The molecular weight excluding hydrogens is 745 g/mol. The third-order valence-corrected chi connectivity index (χ3v) is 15.1. The zero-order chi connectivity index (χ0) is 42.3. The molecule has 314 valence electrons. The summed E-state index contributed by atoms with van der Waals surface area (Å²) in [5, 5.41) is 16.6. The Morgan fingerprint density at radius 1 is 0.898 bits per heavy atom. The number of hydrogen-bond acceptors (Lipinski definition) is 9. The van der Waals surface area contributed by atoms with Gasteiger partial charge < -0.3 is 19.3 Å². The zero-order valence-electron chi connectivity index (χ0n) is 35.6. The Bertz CT molecular complexity index is 2120. The lowest BCUT2D eigenvalue weighted by molar-refractivity contribution is -0.234. The number of carbonyl (C=O) groups excluding carboxylic acids is 4. The molecule has 2 aromatic carbocycles. The number of rotatable bonds is 10. The van der Waals surface area contributed by atoms with Gasteiger partial charge in [-0.05, 0) is 134 Å². The van der Waals surface area contributed by atoms with Crippen molar-refractivity contribution in [1.29, 1.82) is 0 Å². The highest BCUT2D eigenvalue weighted by Gasteiger charge is 2.71. The van der Waals surface area contributed by atoms with Crippen molar-refractivity contribution in [3.8, 4) is 0 Å². The minimum absolute atomic E-state index is 0.00264. The van der Waals surface area contributed by atoms with Crippen molar-refractivity contribution in [3.63, 3.8) is 0 Å². The maximum absolute atomic E-state index is 14.3. The van der Waals surface area contributed by atoms with E-state index in [1.54, 1.807) is 36.5 Å². The molecule has 4 aliphatic rings. The maximum atomic E-state index is 14.3. The highest BCUT2D eigenvalue weighted by Crippen LogP contribution is 2.74. The SMILES string of the molecule is CC(=O)O[C@H]1C[C@@]2(C)[C@@H](C[C@@H](O)[C@H]3[C@@]4(C)CC[C@@H](OC(=O)c5ccccc5C(=O)n5cccn5)[C@@H](C)[C@@H]4CC[C@@]32C)/C1=C(\CCC=C(C)C)C(=O)OCc1ccccc1. The lowest BCUT2D eigenvalue weighted by Gasteiger charge is -2.69. The first-order valence-electron chi connectivity index (χ1n) is 21.4. The molecule has 0 spiro atoms. The molecule has 3 aromatic rings. The van der Waals surface area contributed by atoms with E-state index in [0.717, 1.165) is 36.0 Å². The highest BCUT2D eigenvalue weighted by atomic mass is 16.6. The Morgan fingerprint density at radius 2 is 1.61 bits per heavy atom. The summed E-state index contributed by atoms with van der Waals surface area (Å²) in [5.74, 6) is -1.85. The summed E-state index contributed by atoms with van der Waals surface area (Å²) in [5.41, 5.74) is 2.80. The van der Waals surface area contributed by atoms with Gasteiger partial charge in [-0.25, -0.2) is 14.3 Å². The summed E-state index contributed by atoms with van der Waals surface area (Å²) < 4.78 is 19.7. The van der Waals surface area contributed by atoms with Crippen molar-refractivity contribution in [2.24, 2.45) is 39.9 Å². The molecule has 7 rings (SSSR count). The normalized spacial score (nSPS) is 33.1. The fraction of sp³-hybridized carbons (Fsp3) is 0.531. The van der Waals surface area contributed by atoms with E-state index in [-0.39, 0.29) is 58.3 Å². The second-order valence-corrected chi connectivity index (χ2v) is 18.6. The standard InChI is InChI=1S/C49H60N2O8/c1-30(2)15-13-20-36(45(55)57-29-33-16-9-8-10-17-33)42-38-27-39(53)43-47(5)23-22-40(59-46(56)35-19-12-11-18-34(35)44(54)51-26-14-25-50-51)31(3)37(47)21-24-48(43,6)49(38,7)28-41(42)58-32(4)52/h8-12,14-19,25-26,31,37-41,43,53H,13,20-24,27-29H2,1-7H3/b42-36-/t31-,37-,38-,39+,40+,41-,43-,47-,48-,49-/m0/s1. The van der Waals surface area contributed by atoms with Crippen LogP contribution in [0.1, 0.15) is 126 Å². The predicted octanol–water partition coefficient (Wildman–Crippen LogP) is 9.07. The van der Waals surface area contributed by atoms with Gasteiger partial charge in [0.25, 0.3) is 5.91 Å². The first-order valence-corrected chi connectivity index (χ1v) is 21.4. The number of ether oxygens (including phenoxy) is 3. The summed E-state index contributed by atoms with van der Waals surface area (Å²) in [6, 6.07) is 18.0. The van der Waals surface area contributed by atoms with Crippen LogP contribution in [0.2, 0.25) is 0 Å². The maximum Gasteiger partial charge on any atom is 0.339 e. The fourth-order valence-corrected chi connectivity index (χ4v) is 12.3. The van der Waals surface area contributed by atoms with Crippen molar-refractivity contribution in [2.75, 3.05) is 0 Å². The van der Waals surface area contributed by atoms with E-state index in [1.807, 2.05) is 44.2 Å². The van der Waals surface area contributed by atoms with Crippen LogP contribution in [0.5, 0.6) is 0 Å². The summed E-state index contributed by atoms with van der Waals surface area (Å²) in [6.07, 6.45) is 8.67. The molecule has 0 saturated heterocycles. The van der Waals surface area contributed by atoms with Crippen LogP contribution < -0.4 is 0 Å².